The van der Waals surface area contributed by atoms with Gasteiger partial charge in [-0.25, -0.2) is 4.79 Å². The molecule has 0 radical (unpaired) electrons. The molecule has 1 N–H and O–H groups in total. The summed E-state index contributed by atoms with van der Waals surface area (Å²) in [4.78, 5) is 11.4. The first-order valence-electron chi connectivity index (χ1n) is 6.09. The molecule has 0 heterocycles. The number of ether oxygens (including phenoxy) is 1. The van der Waals surface area contributed by atoms with Gasteiger partial charge >= 0.3 is 6.09 Å². The SMILES string of the molecule is CC(CCCCOC(=O)Nc1ccccc1)=C(F)F. The standard InChI is InChI=1S/C14H17F2NO2/c1-11(13(15)16)7-5-6-10-19-14(18)17-12-8-3-2-4-9-12/h2-4,8-9H,5-7,10H2,1H3,(H,17,18). The topological polar surface area (TPSA) is 38.3 Å². The molecular formula is C14H17F2NO2. The van der Waals surface area contributed by atoms with Crippen molar-refractivity contribution in [3.8, 4) is 0 Å². The van der Waals surface area contributed by atoms with Gasteiger partial charge in [0.1, 0.15) is 0 Å². The van der Waals surface area contributed by atoms with Gasteiger partial charge in [0.15, 0.2) is 0 Å². The zero-order chi connectivity index (χ0) is 14.1. The Morgan fingerprint density at radius 2 is 1.89 bits per heavy atom. The Morgan fingerprint density at radius 3 is 2.53 bits per heavy atom. The van der Waals surface area contributed by atoms with E-state index in [0.717, 1.165) is 0 Å². The average molecular weight is 269 g/mol. The lowest BCUT2D eigenvalue weighted by atomic mass is 10.1. The van der Waals surface area contributed by atoms with Crippen LogP contribution < -0.4 is 5.32 Å². The van der Waals surface area contributed by atoms with Crippen LogP contribution in [0.15, 0.2) is 42.0 Å². The molecule has 0 aliphatic carbocycles. The first-order valence-corrected chi connectivity index (χ1v) is 6.09. The Labute approximate surface area is 111 Å². The van der Waals surface area contributed by atoms with Crippen LogP contribution in [0.3, 0.4) is 0 Å². The van der Waals surface area contributed by atoms with Gasteiger partial charge in [-0.05, 0) is 43.9 Å². The summed E-state index contributed by atoms with van der Waals surface area (Å²) in [6, 6.07) is 8.95. The highest BCUT2D eigenvalue weighted by Crippen LogP contribution is 2.14. The highest BCUT2D eigenvalue weighted by atomic mass is 19.3. The largest absolute Gasteiger partial charge is 0.449 e. The third kappa shape index (κ3) is 6.55. The Morgan fingerprint density at radius 1 is 1.21 bits per heavy atom. The lowest BCUT2D eigenvalue weighted by molar-refractivity contribution is 0.159. The molecule has 1 rings (SSSR count). The van der Waals surface area contributed by atoms with Gasteiger partial charge in [-0.2, -0.15) is 8.78 Å². The zero-order valence-corrected chi connectivity index (χ0v) is 10.8. The molecule has 0 bridgehead atoms. The molecule has 0 aliphatic rings. The van der Waals surface area contributed by atoms with Crippen molar-refractivity contribution in [3.05, 3.63) is 42.0 Å². The lowest BCUT2D eigenvalue weighted by Crippen LogP contribution is -2.14. The molecule has 0 spiro atoms. The molecule has 1 aromatic rings. The van der Waals surface area contributed by atoms with Crippen LogP contribution in [0.1, 0.15) is 26.2 Å². The van der Waals surface area contributed by atoms with Crippen LogP contribution in [0.2, 0.25) is 0 Å². The predicted molar refractivity (Wildman–Crippen MR) is 70.2 cm³/mol. The number of unbranched alkanes of at least 4 members (excludes halogenated alkanes) is 1. The number of amides is 1. The molecule has 3 nitrogen and oxygen atoms in total. The number of carbonyl (C=O) groups is 1. The maximum absolute atomic E-state index is 12.1. The Kier molecular flexibility index (Phi) is 6.57. The number of hydrogen-bond donors (Lipinski definition) is 1. The second kappa shape index (κ2) is 8.24. The third-order valence-corrected chi connectivity index (χ3v) is 2.52. The number of halogens is 2. The number of anilines is 1. The molecule has 104 valence electrons. The number of rotatable bonds is 6. The predicted octanol–water partition coefficient (Wildman–Crippen LogP) is 4.58. The summed E-state index contributed by atoms with van der Waals surface area (Å²) in [7, 11) is 0. The number of allylic oxidation sites excluding steroid dienone is 1. The minimum atomic E-state index is -1.62. The Hall–Kier alpha value is -1.91. The number of carbonyl (C=O) groups excluding carboxylic acids is 1. The molecular weight excluding hydrogens is 252 g/mol. The van der Waals surface area contributed by atoms with E-state index in [9.17, 15) is 13.6 Å². The zero-order valence-electron chi connectivity index (χ0n) is 10.8. The first-order chi connectivity index (χ1) is 9.09. The van der Waals surface area contributed by atoms with Crippen molar-refractivity contribution in [2.24, 2.45) is 0 Å². The van der Waals surface area contributed by atoms with Crippen molar-refractivity contribution >= 4 is 11.8 Å². The van der Waals surface area contributed by atoms with Crippen molar-refractivity contribution in [1.82, 2.24) is 0 Å². The van der Waals surface area contributed by atoms with Crippen molar-refractivity contribution in [2.75, 3.05) is 11.9 Å². The Balaban J connectivity index is 2.13. The van der Waals surface area contributed by atoms with E-state index in [4.69, 9.17) is 4.74 Å². The van der Waals surface area contributed by atoms with Gasteiger partial charge in [0, 0.05) is 5.69 Å². The highest BCUT2D eigenvalue weighted by Gasteiger charge is 2.03. The van der Waals surface area contributed by atoms with Gasteiger partial charge in [-0.1, -0.05) is 18.2 Å². The summed E-state index contributed by atoms with van der Waals surface area (Å²) in [5.74, 6) is 0. The van der Waals surface area contributed by atoms with Crippen molar-refractivity contribution in [1.29, 1.82) is 0 Å². The number of hydrogen-bond acceptors (Lipinski definition) is 2. The molecule has 0 atom stereocenters. The smallest absolute Gasteiger partial charge is 0.411 e. The van der Waals surface area contributed by atoms with Crippen LogP contribution in [0.25, 0.3) is 0 Å². The number of benzene rings is 1. The first kappa shape index (κ1) is 15.1. The molecule has 0 unspecified atom stereocenters. The lowest BCUT2D eigenvalue weighted by Gasteiger charge is -2.06. The van der Waals surface area contributed by atoms with E-state index in [-0.39, 0.29) is 12.2 Å². The summed E-state index contributed by atoms with van der Waals surface area (Å²) in [6.07, 6.45) is -0.696. The van der Waals surface area contributed by atoms with Gasteiger partial charge < -0.3 is 4.74 Å². The third-order valence-electron chi connectivity index (χ3n) is 2.52. The van der Waals surface area contributed by atoms with Gasteiger partial charge in [0.05, 0.1) is 6.61 Å². The highest BCUT2D eigenvalue weighted by molar-refractivity contribution is 5.84. The minimum absolute atomic E-state index is 0.0914. The maximum atomic E-state index is 12.1. The molecule has 0 saturated carbocycles. The van der Waals surface area contributed by atoms with Crippen LogP contribution in [-0.4, -0.2) is 12.7 Å². The summed E-state index contributed by atoms with van der Waals surface area (Å²) in [5.41, 5.74) is 0.750. The molecule has 19 heavy (non-hydrogen) atoms. The fourth-order valence-electron chi connectivity index (χ4n) is 1.43. The number of para-hydroxylation sites is 1. The molecule has 1 amide bonds. The monoisotopic (exact) mass is 269 g/mol. The van der Waals surface area contributed by atoms with E-state index in [2.05, 4.69) is 5.32 Å². The van der Waals surface area contributed by atoms with Crippen molar-refractivity contribution in [3.63, 3.8) is 0 Å². The van der Waals surface area contributed by atoms with E-state index < -0.39 is 12.2 Å². The molecule has 0 aliphatic heterocycles. The van der Waals surface area contributed by atoms with Crippen molar-refractivity contribution < 1.29 is 18.3 Å². The van der Waals surface area contributed by atoms with Crippen LogP contribution in [0, 0.1) is 0 Å². The van der Waals surface area contributed by atoms with Crippen LogP contribution in [0.5, 0.6) is 0 Å². The van der Waals surface area contributed by atoms with E-state index in [0.29, 0.717) is 24.9 Å². The maximum Gasteiger partial charge on any atom is 0.411 e. The van der Waals surface area contributed by atoms with E-state index in [1.807, 2.05) is 6.07 Å². The normalized spacial score (nSPS) is 9.84. The molecule has 0 aromatic heterocycles. The minimum Gasteiger partial charge on any atom is -0.449 e. The van der Waals surface area contributed by atoms with E-state index in [1.54, 1.807) is 24.3 Å². The van der Waals surface area contributed by atoms with Crippen molar-refractivity contribution in [2.45, 2.75) is 26.2 Å². The summed E-state index contributed by atoms with van der Waals surface area (Å²) >= 11 is 0. The quantitative estimate of drug-likeness (QED) is 0.768. The van der Waals surface area contributed by atoms with Gasteiger partial charge in [-0.3, -0.25) is 5.32 Å². The Bertz CT molecular complexity index is 428. The molecule has 5 heteroatoms. The van der Waals surface area contributed by atoms with E-state index >= 15 is 0 Å². The summed E-state index contributed by atoms with van der Waals surface area (Å²) in [6.45, 7) is 1.62. The van der Waals surface area contributed by atoms with Crippen LogP contribution >= 0.6 is 0 Å². The van der Waals surface area contributed by atoms with E-state index in [1.165, 1.54) is 6.92 Å². The molecule has 1 aromatic carbocycles. The van der Waals surface area contributed by atoms with Gasteiger partial charge in [0.25, 0.3) is 6.08 Å². The second-order valence-electron chi connectivity index (χ2n) is 4.12. The summed E-state index contributed by atoms with van der Waals surface area (Å²) < 4.78 is 29.1. The molecule has 0 saturated heterocycles. The fourth-order valence-corrected chi connectivity index (χ4v) is 1.43. The average Bonchev–Trinajstić information content (AvgIpc) is 2.39. The van der Waals surface area contributed by atoms with Crippen LogP contribution in [-0.2, 0) is 4.74 Å². The fraction of sp³-hybridized carbons (Fsp3) is 0.357. The van der Waals surface area contributed by atoms with Gasteiger partial charge in [-0.15, -0.1) is 0 Å². The number of nitrogens with one attached hydrogen (secondary N) is 1. The van der Waals surface area contributed by atoms with Crippen LogP contribution in [0.4, 0.5) is 19.3 Å². The van der Waals surface area contributed by atoms with Gasteiger partial charge in [0.2, 0.25) is 0 Å². The summed E-state index contributed by atoms with van der Waals surface area (Å²) in [5, 5.41) is 2.57. The second-order valence-corrected chi connectivity index (χ2v) is 4.12. The molecule has 0 fully saturated rings.